The van der Waals surface area contributed by atoms with Gasteiger partial charge in [-0.15, -0.1) is 0 Å². The molecule has 0 aliphatic heterocycles. The Balaban J connectivity index is 3.01. The molecule has 1 amide bonds. The summed E-state index contributed by atoms with van der Waals surface area (Å²) in [6, 6.07) is -0.217. The molecule has 0 bridgehead atoms. The fourth-order valence-electron chi connectivity index (χ4n) is 1.44. The Hall–Kier alpha value is -1.69. The van der Waals surface area contributed by atoms with Crippen molar-refractivity contribution < 1.29 is 19.1 Å². The molecule has 1 aromatic heterocycles. The average Bonchev–Trinajstić information content (AvgIpc) is 2.26. The van der Waals surface area contributed by atoms with Gasteiger partial charge in [-0.05, 0) is 11.5 Å². The highest BCUT2D eigenvalue weighted by molar-refractivity contribution is 6.32. The van der Waals surface area contributed by atoms with Crippen molar-refractivity contribution in [1.29, 1.82) is 0 Å². The van der Waals surface area contributed by atoms with E-state index in [1.165, 1.54) is 0 Å². The molecule has 0 unspecified atom stereocenters. The molecule has 0 aliphatic rings. The Labute approximate surface area is 114 Å². The fraction of sp³-hybridized carbons (Fsp3) is 0.417. The number of carboxylic acids is 1. The van der Waals surface area contributed by atoms with Crippen LogP contribution in [0.15, 0.2) is 12.3 Å². The lowest BCUT2D eigenvalue weighted by atomic mass is 9.86. The Morgan fingerprint density at radius 3 is 2.53 bits per heavy atom. The first-order valence-electron chi connectivity index (χ1n) is 5.47. The van der Waals surface area contributed by atoms with Gasteiger partial charge in [0.1, 0.15) is 17.0 Å². The second kappa shape index (κ2) is 5.52. The van der Waals surface area contributed by atoms with Crippen molar-refractivity contribution in [3.63, 3.8) is 0 Å². The van der Waals surface area contributed by atoms with Gasteiger partial charge < -0.3 is 10.4 Å². The molecular formula is C12H14ClFN2O3. The van der Waals surface area contributed by atoms with Gasteiger partial charge in [0.25, 0.3) is 5.91 Å². The first-order chi connectivity index (χ1) is 8.62. The van der Waals surface area contributed by atoms with Crippen molar-refractivity contribution in [2.75, 3.05) is 0 Å². The second-order valence-corrected chi connectivity index (χ2v) is 5.46. The molecule has 7 heteroatoms. The molecule has 19 heavy (non-hydrogen) atoms. The number of halogens is 2. The molecule has 1 rings (SSSR count). The van der Waals surface area contributed by atoms with Gasteiger partial charge in [-0.1, -0.05) is 32.4 Å². The number of nitrogens with one attached hydrogen (secondary N) is 1. The van der Waals surface area contributed by atoms with Crippen LogP contribution in [0.3, 0.4) is 0 Å². The number of pyridine rings is 1. The summed E-state index contributed by atoms with van der Waals surface area (Å²) in [5.41, 5.74) is -0.897. The minimum Gasteiger partial charge on any atom is -0.480 e. The maximum absolute atomic E-state index is 13.0. The van der Waals surface area contributed by atoms with E-state index in [-0.39, 0.29) is 10.7 Å². The number of carbonyl (C=O) groups is 2. The fourth-order valence-corrected chi connectivity index (χ4v) is 1.63. The Morgan fingerprint density at radius 2 is 2.05 bits per heavy atom. The van der Waals surface area contributed by atoms with Crippen LogP contribution in [0.4, 0.5) is 4.39 Å². The van der Waals surface area contributed by atoms with Crippen molar-refractivity contribution in [2.24, 2.45) is 5.41 Å². The normalized spacial score (nSPS) is 12.9. The van der Waals surface area contributed by atoms with Crippen LogP contribution in [0, 0.1) is 11.2 Å². The van der Waals surface area contributed by atoms with Gasteiger partial charge in [0.15, 0.2) is 0 Å². The van der Waals surface area contributed by atoms with Gasteiger partial charge >= 0.3 is 5.97 Å². The number of aliphatic carboxylic acids is 1. The summed E-state index contributed by atoms with van der Waals surface area (Å²) in [6.45, 7) is 4.99. The molecule has 1 aromatic rings. The highest BCUT2D eigenvalue weighted by atomic mass is 35.5. The molecule has 0 aromatic carbocycles. The van der Waals surface area contributed by atoms with E-state index in [2.05, 4.69) is 10.3 Å². The zero-order chi connectivity index (χ0) is 14.8. The number of aromatic nitrogens is 1. The van der Waals surface area contributed by atoms with Crippen molar-refractivity contribution in [3.05, 3.63) is 28.8 Å². The molecular weight excluding hydrogens is 275 g/mol. The van der Waals surface area contributed by atoms with Crippen molar-refractivity contribution >= 4 is 23.5 Å². The first-order valence-corrected chi connectivity index (χ1v) is 5.85. The van der Waals surface area contributed by atoms with Crippen LogP contribution in [-0.2, 0) is 4.79 Å². The quantitative estimate of drug-likeness (QED) is 0.835. The van der Waals surface area contributed by atoms with E-state index in [1.807, 2.05) is 0 Å². The summed E-state index contributed by atoms with van der Waals surface area (Å²) < 4.78 is 13.0. The van der Waals surface area contributed by atoms with Gasteiger partial charge in [-0.3, -0.25) is 4.79 Å². The van der Waals surface area contributed by atoms with Crippen LogP contribution in [0.2, 0.25) is 5.15 Å². The molecule has 0 spiro atoms. The monoisotopic (exact) mass is 288 g/mol. The third-order valence-corrected chi connectivity index (χ3v) is 2.74. The predicted octanol–water partition coefficient (Wildman–Crippen LogP) is 2.10. The van der Waals surface area contributed by atoms with Crippen molar-refractivity contribution in [1.82, 2.24) is 10.3 Å². The lowest BCUT2D eigenvalue weighted by Crippen LogP contribution is -2.49. The Morgan fingerprint density at radius 1 is 1.47 bits per heavy atom. The van der Waals surface area contributed by atoms with Crippen LogP contribution < -0.4 is 5.32 Å². The highest BCUT2D eigenvalue weighted by Crippen LogP contribution is 2.21. The van der Waals surface area contributed by atoms with Gasteiger partial charge in [0.2, 0.25) is 0 Å². The standard InChI is InChI=1S/C12H14ClFN2O3/c1-12(2,3)8(11(18)19)16-10(17)7-4-6(14)5-15-9(7)13/h4-5,8H,1-3H3,(H,16,17)(H,18,19)/t8-/m1/s1. The zero-order valence-corrected chi connectivity index (χ0v) is 11.5. The first kappa shape index (κ1) is 15.4. The molecule has 0 aliphatic carbocycles. The Kier molecular flexibility index (Phi) is 4.47. The molecule has 2 N–H and O–H groups in total. The SMILES string of the molecule is CC(C)(C)[C@H](NC(=O)c1cc(F)cnc1Cl)C(=O)O. The largest absolute Gasteiger partial charge is 0.480 e. The van der Waals surface area contributed by atoms with Gasteiger partial charge in [0, 0.05) is 0 Å². The molecule has 5 nitrogen and oxygen atoms in total. The van der Waals surface area contributed by atoms with E-state index in [1.54, 1.807) is 20.8 Å². The number of nitrogens with zero attached hydrogens (tertiary/aromatic N) is 1. The third-order valence-electron chi connectivity index (χ3n) is 2.44. The highest BCUT2D eigenvalue weighted by Gasteiger charge is 2.33. The van der Waals surface area contributed by atoms with Crippen molar-refractivity contribution in [3.8, 4) is 0 Å². The maximum atomic E-state index is 13.0. The summed E-state index contributed by atoms with van der Waals surface area (Å²) in [5, 5.41) is 11.2. The molecule has 0 radical (unpaired) electrons. The topological polar surface area (TPSA) is 79.3 Å². The lowest BCUT2D eigenvalue weighted by Gasteiger charge is -2.27. The third kappa shape index (κ3) is 3.89. The van der Waals surface area contributed by atoms with E-state index in [9.17, 15) is 14.0 Å². The average molecular weight is 289 g/mol. The molecule has 0 saturated heterocycles. The second-order valence-electron chi connectivity index (χ2n) is 5.10. The molecule has 0 saturated carbocycles. The van der Waals surface area contributed by atoms with E-state index in [4.69, 9.17) is 16.7 Å². The van der Waals surface area contributed by atoms with Crippen LogP contribution >= 0.6 is 11.6 Å². The number of hydrogen-bond donors (Lipinski definition) is 2. The number of carbonyl (C=O) groups excluding carboxylic acids is 1. The maximum Gasteiger partial charge on any atom is 0.326 e. The van der Waals surface area contributed by atoms with Gasteiger partial charge in [0.05, 0.1) is 11.8 Å². The molecule has 0 fully saturated rings. The minimum atomic E-state index is -1.18. The summed E-state index contributed by atoms with van der Waals surface area (Å²) in [4.78, 5) is 26.5. The van der Waals surface area contributed by atoms with Gasteiger partial charge in [-0.2, -0.15) is 0 Å². The predicted molar refractivity (Wildman–Crippen MR) is 67.6 cm³/mol. The van der Waals surface area contributed by atoms with E-state index in [0.29, 0.717) is 0 Å². The zero-order valence-electron chi connectivity index (χ0n) is 10.7. The minimum absolute atomic E-state index is 0.183. The van der Waals surface area contributed by atoms with Crippen LogP contribution in [0.25, 0.3) is 0 Å². The molecule has 1 atom stereocenters. The van der Waals surface area contributed by atoms with Crippen LogP contribution in [0.5, 0.6) is 0 Å². The van der Waals surface area contributed by atoms with E-state index in [0.717, 1.165) is 12.3 Å². The van der Waals surface area contributed by atoms with Crippen molar-refractivity contribution in [2.45, 2.75) is 26.8 Å². The number of carboxylic acid groups (broad SMARTS) is 1. The van der Waals surface area contributed by atoms with Crippen LogP contribution in [0.1, 0.15) is 31.1 Å². The van der Waals surface area contributed by atoms with Crippen LogP contribution in [-0.4, -0.2) is 28.0 Å². The van der Waals surface area contributed by atoms with E-state index < -0.39 is 29.2 Å². The summed E-state index contributed by atoms with van der Waals surface area (Å²) in [5.74, 6) is -2.68. The van der Waals surface area contributed by atoms with Gasteiger partial charge in [-0.25, -0.2) is 14.2 Å². The number of hydrogen-bond acceptors (Lipinski definition) is 3. The molecule has 1 heterocycles. The molecule has 104 valence electrons. The number of amides is 1. The summed E-state index contributed by atoms with van der Waals surface area (Å²) >= 11 is 5.68. The smallest absolute Gasteiger partial charge is 0.326 e. The summed E-state index contributed by atoms with van der Waals surface area (Å²) in [7, 11) is 0. The summed E-state index contributed by atoms with van der Waals surface area (Å²) in [6.07, 6.45) is 0.873. The van der Waals surface area contributed by atoms with E-state index >= 15 is 0 Å². The lowest BCUT2D eigenvalue weighted by molar-refractivity contribution is -0.142. The Bertz CT molecular complexity index is 514. The number of rotatable bonds is 3.